The number of carbonyl (C=O) groups excluding carboxylic acids is 2. The average Bonchev–Trinajstić information content (AvgIpc) is 3.31. The quantitative estimate of drug-likeness (QED) is 0.357. The van der Waals surface area contributed by atoms with Crippen molar-refractivity contribution in [3.63, 3.8) is 0 Å². The number of nitrogens with zero attached hydrogens (tertiary/aromatic N) is 1. The van der Waals surface area contributed by atoms with Crippen LogP contribution in [-0.2, 0) is 4.79 Å². The third-order valence-electron chi connectivity index (χ3n) is 5.86. The lowest BCUT2D eigenvalue weighted by molar-refractivity contribution is -0.113. The van der Waals surface area contributed by atoms with E-state index in [1.165, 1.54) is 0 Å². The summed E-state index contributed by atoms with van der Waals surface area (Å²) < 4.78 is 5.32. The van der Waals surface area contributed by atoms with Crippen LogP contribution in [0.3, 0.4) is 0 Å². The Hall–Kier alpha value is -4.59. The van der Waals surface area contributed by atoms with Crippen LogP contribution in [0.4, 0.5) is 10.5 Å². The smallest absolute Gasteiger partial charge is 0.319 e. The van der Waals surface area contributed by atoms with E-state index in [2.05, 4.69) is 26.1 Å². The highest BCUT2D eigenvalue weighted by atomic mass is 16.5. The lowest BCUT2D eigenvalue weighted by atomic mass is 9.93. The van der Waals surface area contributed by atoms with Crippen molar-refractivity contribution in [2.24, 2.45) is 0 Å². The summed E-state index contributed by atoms with van der Waals surface area (Å²) in [5.41, 5.74) is 5.30. The lowest BCUT2D eigenvalue weighted by Crippen LogP contribution is -2.45. The van der Waals surface area contributed by atoms with Crippen LogP contribution >= 0.6 is 0 Å². The number of benzene rings is 3. The summed E-state index contributed by atoms with van der Waals surface area (Å²) in [7, 11) is 1.64. The van der Waals surface area contributed by atoms with Gasteiger partial charge < -0.3 is 20.7 Å². The Bertz CT molecular complexity index is 1420. The second-order valence-electron chi connectivity index (χ2n) is 8.05. The number of methoxy groups -OCH3 is 1. The maximum Gasteiger partial charge on any atom is 0.319 e. The van der Waals surface area contributed by atoms with Crippen molar-refractivity contribution >= 4 is 28.5 Å². The molecule has 170 valence electrons. The van der Waals surface area contributed by atoms with Gasteiger partial charge >= 0.3 is 6.03 Å². The molecule has 3 aromatic carbocycles. The van der Waals surface area contributed by atoms with E-state index < -0.39 is 6.04 Å². The molecule has 1 atom stereocenters. The van der Waals surface area contributed by atoms with E-state index in [1.807, 2.05) is 60.7 Å². The fourth-order valence-electron chi connectivity index (χ4n) is 4.13. The van der Waals surface area contributed by atoms with Gasteiger partial charge in [-0.1, -0.05) is 36.4 Å². The van der Waals surface area contributed by atoms with Crippen molar-refractivity contribution in [3.8, 4) is 16.9 Å². The van der Waals surface area contributed by atoms with Gasteiger partial charge in [-0.2, -0.15) is 5.10 Å². The normalized spacial score (nSPS) is 15.6. The van der Waals surface area contributed by atoms with E-state index in [-0.39, 0.29) is 11.9 Å². The van der Waals surface area contributed by atoms with Crippen molar-refractivity contribution < 1.29 is 14.3 Å². The minimum absolute atomic E-state index is 0.297. The Morgan fingerprint density at radius 3 is 2.65 bits per heavy atom. The van der Waals surface area contributed by atoms with Gasteiger partial charge in [0.1, 0.15) is 5.75 Å². The third-order valence-corrected chi connectivity index (χ3v) is 5.86. The van der Waals surface area contributed by atoms with E-state index >= 15 is 0 Å². The van der Waals surface area contributed by atoms with Gasteiger partial charge in [0.25, 0.3) is 5.91 Å². The molecule has 4 N–H and O–H groups in total. The van der Waals surface area contributed by atoms with Crippen LogP contribution in [0, 0.1) is 0 Å². The minimum Gasteiger partial charge on any atom is -0.497 e. The summed E-state index contributed by atoms with van der Waals surface area (Å²) in [6.07, 6.45) is 1.70. The number of hydrogen-bond donors (Lipinski definition) is 4. The van der Waals surface area contributed by atoms with Crippen LogP contribution in [0.2, 0.25) is 0 Å². The molecule has 8 heteroatoms. The van der Waals surface area contributed by atoms with Gasteiger partial charge in [0.2, 0.25) is 0 Å². The number of nitrogens with one attached hydrogen (secondary N) is 4. The third kappa shape index (κ3) is 4.09. The summed E-state index contributed by atoms with van der Waals surface area (Å²) in [6.45, 7) is 1.73. The summed E-state index contributed by atoms with van der Waals surface area (Å²) in [5.74, 6) is 0.480. The van der Waals surface area contributed by atoms with Crippen LogP contribution in [0.15, 0.2) is 84.2 Å². The van der Waals surface area contributed by atoms with Crippen LogP contribution in [0.25, 0.3) is 22.0 Å². The number of rotatable bonds is 5. The molecule has 1 aromatic heterocycles. The Morgan fingerprint density at radius 2 is 1.85 bits per heavy atom. The number of H-pyrrole nitrogens is 1. The number of ether oxygens (including phenoxy) is 1. The molecule has 1 unspecified atom stereocenters. The van der Waals surface area contributed by atoms with Crippen molar-refractivity contribution in [2.75, 3.05) is 12.4 Å². The summed E-state index contributed by atoms with van der Waals surface area (Å²) in [5, 5.41) is 16.3. The van der Waals surface area contributed by atoms with Gasteiger partial charge in [0.05, 0.1) is 30.4 Å². The first-order chi connectivity index (χ1) is 16.5. The molecular weight excluding hydrogens is 430 g/mol. The average molecular weight is 454 g/mol. The molecular formula is C26H23N5O3. The Balaban J connectivity index is 1.43. The van der Waals surface area contributed by atoms with Crippen molar-refractivity contribution in [1.29, 1.82) is 0 Å². The maximum atomic E-state index is 13.3. The van der Waals surface area contributed by atoms with Gasteiger partial charge in [-0.25, -0.2) is 4.79 Å². The molecule has 34 heavy (non-hydrogen) atoms. The minimum atomic E-state index is -0.592. The predicted molar refractivity (Wildman–Crippen MR) is 130 cm³/mol. The molecule has 1 aliphatic heterocycles. The van der Waals surface area contributed by atoms with Crippen LogP contribution in [0.5, 0.6) is 5.75 Å². The van der Waals surface area contributed by atoms with Crippen molar-refractivity contribution in [3.05, 3.63) is 89.8 Å². The van der Waals surface area contributed by atoms with E-state index in [9.17, 15) is 9.59 Å². The highest BCUT2D eigenvalue weighted by molar-refractivity contribution is 6.07. The van der Waals surface area contributed by atoms with E-state index in [0.717, 1.165) is 33.3 Å². The number of aromatic amines is 1. The number of hydrogen-bond acceptors (Lipinski definition) is 4. The first-order valence-corrected chi connectivity index (χ1v) is 10.8. The Morgan fingerprint density at radius 1 is 1.03 bits per heavy atom. The SMILES string of the molecule is COc1cccc(-c2ccc(C3NC(=O)NC(C)=C3C(=O)Nc3ccc4[nH]ncc4c3)cc2)c1. The summed E-state index contributed by atoms with van der Waals surface area (Å²) in [4.78, 5) is 25.6. The zero-order valence-corrected chi connectivity index (χ0v) is 18.7. The largest absolute Gasteiger partial charge is 0.497 e. The fourth-order valence-corrected chi connectivity index (χ4v) is 4.13. The van der Waals surface area contributed by atoms with Crippen LogP contribution in [-0.4, -0.2) is 29.2 Å². The molecule has 1 aliphatic rings. The second-order valence-corrected chi connectivity index (χ2v) is 8.05. The zero-order valence-electron chi connectivity index (χ0n) is 18.7. The highest BCUT2D eigenvalue weighted by Crippen LogP contribution is 2.31. The number of aromatic nitrogens is 2. The van der Waals surface area contributed by atoms with Crippen molar-refractivity contribution in [2.45, 2.75) is 13.0 Å². The molecule has 0 saturated carbocycles. The topological polar surface area (TPSA) is 108 Å². The van der Waals surface area contributed by atoms with Gasteiger partial charge in [0, 0.05) is 16.8 Å². The molecule has 0 saturated heterocycles. The molecule has 8 nitrogen and oxygen atoms in total. The molecule has 0 spiro atoms. The number of anilines is 1. The molecule has 4 aromatic rings. The summed E-state index contributed by atoms with van der Waals surface area (Å²) in [6, 6.07) is 20.1. The Kier molecular flexibility index (Phi) is 5.47. The molecule has 0 bridgehead atoms. The Labute approximate surface area is 196 Å². The van der Waals surface area contributed by atoms with Gasteiger partial charge in [-0.05, 0) is 53.9 Å². The van der Waals surface area contributed by atoms with Gasteiger partial charge in [0.15, 0.2) is 0 Å². The standard InChI is InChI=1S/C26H23N5O3/c1-15-23(25(32)29-20-10-11-22-19(12-20)14-27-31-22)24(30-26(33)28-15)17-8-6-16(7-9-17)18-4-3-5-21(13-18)34-2/h3-14,24H,1-2H3,(H,27,31)(H,29,32)(H2,28,30,33). The zero-order chi connectivity index (χ0) is 23.7. The van der Waals surface area contributed by atoms with E-state index in [4.69, 9.17) is 4.74 Å². The van der Waals surface area contributed by atoms with Crippen LogP contribution < -0.4 is 20.7 Å². The van der Waals surface area contributed by atoms with E-state index in [0.29, 0.717) is 17.0 Å². The lowest BCUT2D eigenvalue weighted by Gasteiger charge is -2.28. The summed E-state index contributed by atoms with van der Waals surface area (Å²) >= 11 is 0. The first-order valence-electron chi connectivity index (χ1n) is 10.8. The second kappa shape index (κ2) is 8.74. The number of carbonyl (C=O) groups is 2. The highest BCUT2D eigenvalue weighted by Gasteiger charge is 2.31. The van der Waals surface area contributed by atoms with Gasteiger partial charge in [-0.15, -0.1) is 0 Å². The van der Waals surface area contributed by atoms with E-state index in [1.54, 1.807) is 26.3 Å². The first kappa shape index (κ1) is 21.3. The molecule has 2 heterocycles. The van der Waals surface area contributed by atoms with Crippen molar-refractivity contribution in [1.82, 2.24) is 20.8 Å². The van der Waals surface area contributed by atoms with Gasteiger partial charge in [-0.3, -0.25) is 9.89 Å². The molecule has 0 aliphatic carbocycles. The number of amides is 3. The molecule has 5 rings (SSSR count). The number of allylic oxidation sites excluding steroid dienone is 1. The fraction of sp³-hybridized carbons (Fsp3) is 0.115. The predicted octanol–water partition coefficient (Wildman–Crippen LogP) is 4.51. The molecule has 0 radical (unpaired) electrons. The number of fused-ring (bicyclic) bond motifs is 1. The van der Waals surface area contributed by atoms with Crippen LogP contribution in [0.1, 0.15) is 18.5 Å². The maximum absolute atomic E-state index is 13.3. The molecule has 0 fully saturated rings. The monoisotopic (exact) mass is 453 g/mol. The molecule has 3 amide bonds. The number of urea groups is 1.